The molecule has 0 aromatic carbocycles. The number of imidazole rings is 1. The first-order valence-corrected chi connectivity index (χ1v) is 11.4. The zero-order valence-electron chi connectivity index (χ0n) is 18.1. The summed E-state index contributed by atoms with van der Waals surface area (Å²) in [6.07, 6.45) is 3.07. The molecule has 0 spiro atoms. The van der Waals surface area contributed by atoms with Gasteiger partial charge < -0.3 is 24.5 Å². The second-order valence-electron chi connectivity index (χ2n) is 8.66. The van der Waals surface area contributed by atoms with E-state index in [0.717, 1.165) is 11.3 Å². The summed E-state index contributed by atoms with van der Waals surface area (Å²) in [5, 5.41) is 14.4. The van der Waals surface area contributed by atoms with E-state index in [0.29, 0.717) is 22.1 Å². The van der Waals surface area contributed by atoms with Gasteiger partial charge in [-0.15, -0.1) is 11.3 Å². The number of carboxylic acids is 1. The third-order valence-corrected chi connectivity index (χ3v) is 6.13. The maximum Gasteiger partial charge on any atom is 0.407 e. The Morgan fingerprint density at radius 1 is 1.27 bits per heavy atom. The fourth-order valence-electron chi connectivity index (χ4n) is 3.62. The fraction of sp³-hybridized carbons (Fsp3) is 0.381. The van der Waals surface area contributed by atoms with E-state index >= 15 is 0 Å². The van der Waals surface area contributed by atoms with Gasteiger partial charge >= 0.3 is 12.1 Å². The van der Waals surface area contributed by atoms with Crippen molar-refractivity contribution in [2.75, 3.05) is 6.54 Å². The van der Waals surface area contributed by atoms with Gasteiger partial charge in [0.25, 0.3) is 5.91 Å². The van der Waals surface area contributed by atoms with Crippen molar-refractivity contribution in [2.24, 2.45) is 0 Å². The number of carboxylic acid groups (broad SMARTS) is 1. The number of likely N-dealkylation sites (tertiary alicyclic amines) is 1. The number of thiazole rings is 1. The van der Waals surface area contributed by atoms with Crippen molar-refractivity contribution in [1.82, 2.24) is 24.6 Å². The van der Waals surface area contributed by atoms with Crippen LogP contribution in [0.1, 0.15) is 59.2 Å². The Bertz CT molecular complexity index is 1230. The van der Waals surface area contributed by atoms with Crippen molar-refractivity contribution < 1.29 is 24.2 Å². The minimum Gasteiger partial charge on any atom is -0.476 e. The van der Waals surface area contributed by atoms with Crippen LogP contribution in [0.4, 0.5) is 4.79 Å². The van der Waals surface area contributed by atoms with Gasteiger partial charge in [0.1, 0.15) is 21.9 Å². The molecule has 174 valence electrons. The Labute approximate surface area is 198 Å². The van der Waals surface area contributed by atoms with Crippen molar-refractivity contribution in [3.63, 3.8) is 0 Å². The molecule has 3 aromatic rings. The lowest BCUT2D eigenvalue weighted by molar-refractivity contribution is 0.0501. The lowest BCUT2D eigenvalue weighted by Gasteiger charge is -2.22. The number of carbonyl (C=O) groups is 3. The largest absolute Gasteiger partial charge is 0.476 e. The third kappa shape index (κ3) is 5.09. The molecule has 4 rings (SSSR count). The molecule has 0 saturated carbocycles. The minimum atomic E-state index is -1.14. The highest BCUT2D eigenvalue weighted by atomic mass is 35.5. The van der Waals surface area contributed by atoms with Crippen LogP contribution in [0.3, 0.4) is 0 Å². The molecule has 0 aliphatic carbocycles. The molecule has 33 heavy (non-hydrogen) atoms. The van der Waals surface area contributed by atoms with Crippen LogP contribution in [-0.2, 0) is 4.74 Å². The topological polar surface area (TPSA) is 126 Å². The van der Waals surface area contributed by atoms with E-state index in [2.05, 4.69) is 15.3 Å². The van der Waals surface area contributed by atoms with Crippen molar-refractivity contribution in [3.8, 4) is 0 Å². The second-order valence-corrected chi connectivity index (χ2v) is 9.99. The molecule has 0 unspecified atom stereocenters. The van der Waals surface area contributed by atoms with Crippen LogP contribution in [-0.4, -0.2) is 60.5 Å². The molecule has 10 nitrogen and oxygen atoms in total. The Kier molecular flexibility index (Phi) is 6.02. The first-order chi connectivity index (χ1) is 15.5. The molecule has 1 aliphatic heterocycles. The molecule has 2 atom stereocenters. The summed E-state index contributed by atoms with van der Waals surface area (Å²) in [6.45, 7) is 5.48. The maximum atomic E-state index is 13.4. The third-order valence-electron chi connectivity index (χ3n) is 4.95. The number of nitrogens with zero attached hydrogens (tertiary/aromatic N) is 4. The van der Waals surface area contributed by atoms with Gasteiger partial charge in [0, 0.05) is 35.4 Å². The molecular weight excluding hydrogens is 470 g/mol. The van der Waals surface area contributed by atoms with Crippen molar-refractivity contribution in [3.05, 3.63) is 51.3 Å². The Morgan fingerprint density at radius 2 is 2.03 bits per heavy atom. The summed E-state index contributed by atoms with van der Waals surface area (Å²) in [5.74, 6) is -1.51. The predicted molar refractivity (Wildman–Crippen MR) is 121 cm³/mol. The number of aromatic nitrogens is 3. The van der Waals surface area contributed by atoms with Crippen LogP contribution < -0.4 is 5.32 Å². The molecule has 0 radical (unpaired) electrons. The second kappa shape index (κ2) is 8.64. The number of amides is 2. The normalized spacial score (nSPS) is 18.5. The van der Waals surface area contributed by atoms with Crippen molar-refractivity contribution in [2.45, 2.75) is 44.9 Å². The van der Waals surface area contributed by atoms with Gasteiger partial charge in [0.2, 0.25) is 0 Å². The molecule has 4 heterocycles. The highest BCUT2D eigenvalue weighted by molar-refractivity contribution is 7.09. The zero-order valence-corrected chi connectivity index (χ0v) is 19.7. The fourth-order valence-corrected chi connectivity index (χ4v) is 4.69. The number of aromatic carboxylic acids is 1. The van der Waals surface area contributed by atoms with Gasteiger partial charge in [0.15, 0.2) is 5.69 Å². The van der Waals surface area contributed by atoms with E-state index in [1.165, 1.54) is 5.38 Å². The van der Waals surface area contributed by atoms with E-state index in [-0.39, 0.29) is 23.8 Å². The summed E-state index contributed by atoms with van der Waals surface area (Å²) >= 11 is 7.18. The number of pyridine rings is 1. The van der Waals surface area contributed by atoms with Crippen molar-refractivity contribution in [1.29, 1.82) is 0 Å². The van der Waals surface area contributed by atoms with Crippen LogP contribution in [0.5, 0.6) is 0 Å². The number of ether oxygens (including phenoxy) is 1. The number of fused-ring (bicyclic) bond motifs is 1. The lowest BCUT2D eigenvalue weighted by Crippen LogP contribution is -2.41. The van der Waals surface area contributed by atoms with Gasteiger partial charge in [-0.05, 0) is 33.3 Å². The molecule has 1 fully saturated rings. The molecule has 12 heteroatoms. The van der Waals surface area contributed by atoms with Crippen LogP contribution in [0, 0.1) is 0 Å². The molecule has 1 aliphatic rings. The van der Waals surface area contributed by atoms with Gasteiger partial charge in [-0.25, -0.2) is 19.6 Å². The van der Waals surface area contributed by atoms with Gasteiger partial charge in [0.05, 0.1) is 12.1 Å². The standard InChI is InChI=1S/C21H22ClN5O5S/c1-21(2,3)32-20(31)23-12-7-15(17-25-14(10-33-17)19(29)30)27(8-12)18(28)13-9-26-5-4-11(22)6-16(26)24-13/h4-6,9-10,12,15H,7-8H2,1-3H3,(H,23,31)(H,29,30)/t12-,15-/m1/s1. The molecule has 0 bridgehead atoms. The Morgan fingerprint density at radius 3 is 2.70 bits per heavy atom. The minimum absolute atomic E-state index is 0.0895. The van der Waals surface area contributed by atoms with E-state index in [9.17, 15) is 19.5 Å². The van der Waals surface area contributed by atoms with Crippen molar-refractivity contribution >= 4 is 46.6 Å². The first kappa shape index (κ1) is 23.0. The van der Waals surface area contributed by atoms with Crippen LogP contribution in [0.25, 0.3) is 5.65 Å². The summed E-state index contributed by atoms with van der Waals surface area (Å²) in [7, 11) is 0. The summed E-state index contributed by atoms with van der Waals surface area (Å²) in [4.78, 5) is 47.1. The van der Waals surface area contributed by atoms with Gasteiger partial charge in [-0.2, -0.15) is 0 Å². The SMILES string of the molecule is CC(C)(C)OC(=O)N[C@@H]1C[C@H](c2nc(C(=O)O)cs2)N(C(=O)c2cn3ccc(Cl)cc3n2)C1. The summed E-state index contributed by atoms with van der Waals surface area (Å²) in [5.41, 5.74) is -0.0304. The number of halogens is 1. The van der Waals surface area contributed by atoms with Gasteiger partial charge in [-0.1, -0.05) is 11.6 Å². The Hall–Kier alpha value is -3.18. The average Bonchev–Trinajstić information content (AvgIpc) is 3.43. The number of hydrogen-bond donors (Lipinski definition) is 2. The Balaban J connectivity index is 1.61. The van der Waals surface area contributed by atoms with E-state index in [1.54, 1.807) is 54.6 Å². The highest BCUT2D eigenvalue weighted by Crippen LogP contribution is 2.35. The van der Waals surface area contributed by atoms with Crippen LogP contribution in [0.15, 0.2) is 29.9 Å². The van der Waals surface area contributed by atoms with E-state index in [1.807, 2.05) is 0 Å². The first-order valence-electron chi connectivity index (χ1n) is 10.1. The number of nitrogens with one attached hydrogen (secondary N) is 1. The van der Waals surface area contributed by atoms with Crippen LogP contribution in [0.2, 0.25) is 5.02 Å². The monoisotopic (exact) mass is 491 g/mol. The number of carbonyl (C=O) groups excluding carboxylic acids is 2. The molecule has 3 aromatic heterocycles. The summed E-state index contributed by atoms with van der Waals surface area (Å²) in [6, 6.07) is 2.40. The van der Waals surface area contributed by atoms with Gasteiger partial charge in [-0.3, -0.25) is 4.79 Å². The maximum absolute atomic E-state index is 13.4. The predicted octanol–water partition coefficient (Wildman–Crippen LogP) is 3.62. The lowest BCUT2D eigenvalue weighted by atomic mass is 10.1. The summed E-state index contributed by atoms with van der Waals surface area (Å²) < 4.78 is 7.02. The smallest absolute Gasteiger partial charge is 0.407 e. The van der Waals surface area contributed by atoms with E-state index < -0.39 is 29.7 Å². The van der Waals surface area contributed by atoms with Crippen LogP contribution >= 0.6 is 22.9 Å². The number of rotatable bonds is 4. The molecular formula is C21H22ClN5O5S. The van der Waals surface area contributed by atoms with E-state index in [4.69, 9.17) is 16.3 Å². The highest BCUT2D eigenvalue weighted by Gasteiger charge is 2.40. The average molecular weight is 492 g/mol. The molecule has 1 saturated heterocycles. The number of alkyl carbamates (subject to hydrolysis) is 1. The molecule has 2 amide bonds. The molecule has 2 N–H and O–H groups in total. The quantitative estimate of drug-likeness (QED) is 0.570. The zero-order chi connectivity index (χ0) is 23.9. The number of hydrogen-bond acceptors (Lipinski definition) is 7.